The molecule has 0 fully saturated rings. The summed E-state index contributed by atoms with van der Waals surface area (Å²) < 4.78 is 16.0. The molecule has 1 unspecified atom stereocenters. The minimum Gasteiger partial charge on any atom is -0.465 e. The predicted molar refractivity (Wildman–Crippen MR) is 159 cm³/mol. The summed E-state index contributed by atoms with van der Waals surface area (Å²) >= 11 is 0. The first-order valence-corrected chi connectivity index (χ1v) is 15.2. The summed E-state index contributed by atoms with van der Waals surface area (Å²) in [5, 5.41) is 0. The first kappa shape index (κ1) is 36.6. The van der Waals surface area contributed by atoms with Crippen LogP contribution >= 0.6 is 0 Å². The van der Waals surface area contributed by atoms with Crippen LogP contribution < -0.4 is 0 Å². The van der Waals surface area contributed by atoms with E-state index in [2.05, 4.69) is 20.1 Å². The van der Waals surface area contributed by atoms with Gasteiger partial charge < -0.3 is 14.2 Å². The van der Waals surface area contributed by atoms with Crippen LogP contribution in [-0.2, 0) is 28.6 Å². The van der Waals surface area contributed by atoms with Gasteiger partial charge in [0.15, 0.2) is 0 Å². The van der Waals surface area contributed by atoms with Crippen molar-refractivity contribution in [3.05, 3.63) is 36.1 Å². The summed E-state index contributed by atoms with van der Waals surface area (Å²) in [6, 6.07) is 0. The highest BCUT2D eigenvalue weighted by Crippen LogP contribution is 2.22. The second kappa shape index (κ2) is 24.7. The summed E-state index contributed by atoms with van der Waals surface area (Å²) in [7, 11) is 0. The summed E-state index contributed by atoms with van der Waals surface area (Å²) in [6.45, 7) is 14.7. The Hall–Kier alpha value is -2.37. The number of esters is 3. The van der Waals surface area contributed by atoms with Crippen LogP contribution in [0, 0.1) is 5.92 Å². The van der Waals surface area contributed by atoms with E-state index in [0.29, 0.717) is 18.6 Å². The summed E-state index contributed by atoms with van der Waals surface area (Å²) in [5.41, 5.74) is 1.03. The highest BCUT2D eigenvalue weighted by atomic mass is 16.6. The van der Waals surface area contributed by atoms with Crippen molar-refractivity contribution in [1.29, 1.82) is 0 Å². The Labute approximate surface area is 238 Å². The maximum atomic E-state index is 12.1. The van der Waals surface area contributed by atoms with Gasteiger partial charge in [-0.1, -0.05) is 117 Å². The maximum absolute atomic E-state index is 12.1. The van der Waals surface area contributed by atoms with E-state index in [-0.39, 0.29) is 30.7 Å². The molecule has 0 radical (unpaired) electrons. The molecule has 0 aliphatic carbocycles. The Kier molecular flexibility index (Phi) is 23.2. The van der Waals surface area contributed by atoms with Gasteiger partial charge in [-0.3, -0.25) is 4.79 Å². The van der Waals surface area contributed by atoms with Crippen LogP contribution in [0.4, 0.5) is 0 Å². The Morgan fingerprint density at radius 1 is 0.744 bits per heavy atom. The van der Waals surface area contributed by atoms with Gasteiger partial charge in [-0.2, -0.15) is 0 Å². The van der Waals surface area contributed by atoms with Crippen molar-refractivity contribution in [3.63, 3.8) is 0 Å². The summed E-state index contributed by atoms with van der Waals surface area (Å²) in [6.07, 6.45) is 21.2. The largest absolute Gasteiger partial charge is 0.465 e. The van der Waals surface area contributed by atoms with Crippen molar-refractivity contribution >= 4 is 17.9 Å². The lowest BCUT2D eigenvalue weighted by Crippen LogP contribution is -2.18. The number of unbranched alkanes of at least 4 members (excludes halogenated alkanes) is 14. The molecule has 39 heavy (non-hydrogen) atoms. The molecule has 0 amide bonds. The normalized spacial score (nSPS) is 12.3. The number of hydrogen-bond acceptors (Lipinski definition) is 6. The van der Waals surface area contributed by atoms with E-state index in [9.17, 15) is 14.4 Å². The van der Waals surface area contributed by atoms with Crippen LogP contribution in [0.1, 0.15) is 137 Å². The van der Waals surface area contributed by atoms with E-state index in [0.717, 1.165) is 30.9 Å². The molecule has 0 aliphatic heterocycles. The summed E-state index contributed by atoms with van der Waals surface area (Å²) in [5.74, 6) is -1.24. The molecular weight excluding hydrogens is 492 g/mol. The zero-order chi connectivity index (χ0) is 29.3. The van der Waals surface area contributed by atoms with Crippen LogP contribution in [0.25, 0.3) is 0 Å². The molecule has 0 aromatic rings. The SMILES string of the molecule is C=CC(=O)OCC(C)C(OC(=O)C(=C)C)=C(C)CCOC(=O)CCCCCCCCCCCCCCCCC. The van der Waals surface area contributed by atoms with Crippen molar-refractivity contribution in [2.75, 3.05) is 13.2 Å². The minimum atomic E-state index is -0.545. The fraction of sp³-hybridized carbons (Fsp3) is 0.727. The minimum absolute atomic E-state index is 0.0416. The third kappa shape index (κ3) is 21.2. The molecule has 0 aliphatic rings. The maximum Gasteiger partial charge on any atom is 0.338 e. The monoisotopic (exact) mass is 548 g/mol. The van der Waals surface area contributed by atoms with E-state index in [4.69, 9.17) is 14.2 Å². The van der Waals surface area contributed by atoms with E-state index in [1.807, 2.05) is 6.92 Å². The molecule has 224 valence electrons. The van der Waals surface area contributed by atoms with Crippen molar-refractivity contribution in [2.24, 2.45) is 5.92 Å². The van der Waals surface area contributed by atoms with Gasteiger partial charge in [0.1, 0.15) is 12.4 Å². The van der Waals surface area contributed by atoms with Gasteiger partial charge in [0.25, 0.3) is 0 Å². The molecule has 0 saturated carbocycles. The lowest BCUT2D eigenvalue weighted by molar-refractivity contribution is -0.144. The van der Waals surface area contributed by atoms with Crippen molar-refractivity contribution in [2.45, 2.75) is 137 Å². The molecule has 0 aromatic carbocycles. The zero-order valence-electron chi connectivity index (χ0n) is 25.5. The zero-order valence-corrected chi connectivity index (χ0v) is 25.5. The molecule has 0 aromatic heterocycles. The van der Waals surface area contributed by atoms with Crippen LogP contribution in [0.2, 0.25) is 0 Å². The molecule has 0 heterocycles. The average Bonchev–Trinajstić information content (AvgIpc) is 2.91. The van der Waals surface area contributed by atoms with E-state index < -0.39 is 11.9 Å². The quantitative estimate of drug-likeness (QED) is 0.0372. The average molecular weight is 549 g/mol. The van der Waals surface area contributed by atoms with Gasteiger partial charge in [-0.25, -0.2) is 9.59 Å². The number of carbonyl (C=O) groups excluding carboxylic acids is 3. The fourth-order valence-corrected chi connectivity index (χ4v) is 4.29. The van der Waals surface area contributed by atoms with Crippen LogP contribution in [-0.4, -0.2) is 31.1 Å². The smallest absolute Gasteiger partial charge is 0.338 e. The van der Waals surface area contributed by atoms with E-state index >= 15 is 0 Å². The highest BCUT2D eigenvalue weighted by Gasteiger charge is 2.20. The van der Waals surface area contributed by atoms with Gasteiger partial charge >= 0.3 is 17.9 Å². The molecule has 0 saturated heterocycles. The Morgan fingerprint density at radius 3 is 1.69 bits per heavy atom. The van der Waals surface area contributed by atoms with Crippen LogP contribution in [0.3, 0.4) is 0 Å². The molecule has 0 bridgehead atoms. The predicted octanol–water partition coefficient (Wildman–Crippen LogP) is 8.94. The number of ether oxygens (including phenoxy) is 3. The Morgan fingerprint density at radius 2 is 1.23 bits per heavy atom. The second-order valence-electron chi connectivity index (χ2n) is 10.7. The Bertz CT molecular complexity index is 751. The van der Waals surface area contributed by atoms with Crippen LogP contribution in [0.15, 0.2) is 36.1 Å². The number of hydrogen-bond donors (Lipinski definition) is 0. The first-order valence-electron chi connectivity index (χ1n) is 15.2. The van der Waals surface area contributed by atoms with E-state index in [1.165, 1.54) is 77.0 Å². The van der Waals surface area contributed by atoms with Crippen molar-refractivity contribution < 1.29 is 28.6 Å². The van der Waals surface area contributed by atoms with Crippen molar-refractivity contribution in [3.8, 4) is 0 Å². The molecular formula is C33H56O6. The molecule has 0 N–H and O–H groups in total. The lowest BCUT2D eigenvalue weighted by atomic mass is 10.0. The molecule has 6 nitrogen and oxygen atoms in total. The van der Waals surface area contributed by atoms with Gasteiger partial charge in [0.2, 0.25) is 0 Å². The van der Waals surface area contributed by atoms with Gasteiger partial charge in [-0.05, 0) is 25.8 Å². The highest BCUT2D eigenvalue weighted by molar-refractivity contribution is 5.87. The topological polar surface area (TPSA) is 78.9 Å². The third-order valence-corrected chi connectivity index (χ3v) is 6.79. The van der Waals surface area contributed by atoms with Gasteiger partial charge in [0, 0.05) is 30.4 Å². The van der Waals surface area contributed by atoms with Crippen molar-refractivity contribution in [1.82, 2.24) is 0 Å². The third-order valence-electron chi connectivity index (χ3n) is 6.79. The van der Waals surface area contributed by atoms with Gasteiger partial charge in [-0.15, -0.1) is 0 Å². The van der Waals surface area contributed by atoms with Crippen LogP contribution in [0.5, 0.6) is 0 Å². The summed E-state index contributed by atoms with van der Waals surface area (Å²) in [4.78, 5) is 35.6. The Balaban J connectivity index is 4.08. The van der Waals surface area contributed by atoms with Gasteiger partial charge in [0.05, 0.1) is 6.61 Å². The molecule has 1 atom stereocenters. The number of carbonyl (C=O) groups is 3. The molecule has 6 heteroatoms. The first-order chi connectivity index (χ1) is 18.7. The number of rotatable bonds is 25. The lowest BCUT2D eigenvalue weighted by Gasteiger charge is -2.19. The van der Waals surface area contributed by atoms with E-state index in [1.54, 1.807) is 13.8 Å². The fourth-order valence-electron chi connectivity index (χ4n) is 4.29. The standard InChI is InChI=1S/C33H56O6/c1-7-9-10-11-12-13-14-15-16-17-18-19-20-21-22-23-31(35)37-25-24-28(5)32(39-33(36)27(3)4)29(6)26-38-30(34)8-2/h8,29H,2-3,7,9-26H2,1,4-6H3. The molecule has 0 rings (SSSR count). The second-order valence-corrected chi connectivity index (χ2v) is 10.7. The molecule has 0 spiro atoms.